The molecular weight excluding hydrogens is 300 g/mol. The van der Waals surface area contributed by atoms with Gasteiger partial charge in [0.2, 0.25) is 0 Å². The summed E-state index contributed by atoms with van der Waals surface area (Å²) < 4.78 is 0. The number of hydrogen-bond donors (Lipinski definition) is 3. The van der Waals surface area contributed by atoms with Crippen LogP contribution in [0.25, 0.3) is 0 Å². The van der Waals surface area contributed by atoms with Crippen LogP contribution in [0, 0.1) is 0 Å². The lowest BCUT2D eigenvalue weighted by molar-refractivity contribution is 0.0697. The quantitative estimate of drug-likeness (QED) is 0.798. The number of hydrogen-bond acceptors (Lipinski definition) is 3. The number of rotatable bonds is 4. The summed E-state index contributed by atoms with van der Waals surface area (Å²) in [4.78, 5) is 22.6. The van der Waals surface area contributed by atoms with Crippen LogP contribution in [-0.2, 0) is 0 Å². The van der Waals surface area contributed by atoms with Gasteiger partial charge in [-0.1, -0.05) is 11.6 Å². The highest BCUT2D eigenvalue weighted by molar-refractivity contribution is 8.00. The summed E-state index contributed by atoms with van der Waals surface area (Å²) in [5.41, 5.74) is 0.408. The van der Waals surface area contributed by atoms with Crippen molar-refractivity contribution in [2.75, 3.05) is 17.6 Å². The third kappa shape index (κ3) is 4.31. The molecule has 20 heavy (non-hydrogen) atoms. The maximum absolute atomic E-state index is 11.7. The minimum atomic E-state index is -1.08. The molecule has 1 atom stereocenters. The Bertz CT molecular complexity index is 518. The van der Waals surface area contributed by atoms with Crippen LogP contribution in [-0.4, -0.2) is 34.7 Å². The zero-order chi connectivity index (χ0) is 14.5. The summed E-state index contributed by atoms with van der Waals surface area (Å²) >= 11 is 7.68. The molecule has 0 radical (unpaired) electrons. The Morgan fingerprint density at radius 2 is 2.20 bits per heavy atom. The van der Waals surface area contributed by atoms with Gasteiger partial charge in [-0.25, -0.2) is 9.59 Å². The highest BCUT2D eigenvalue weighted by Crippen LogP contribution is 2.25. The van der Waals surface area contributed by atoms with E-state index >= 15 is 0 Å². The number of carboxylic acids is 1. The number of aromatic carboxylic acids is 1. The molecule has 1 aliphatic heterocycles. The van der Waals surface area contributed by atoms with Crippen molar-refractivity contribution in [3.63, 3.8) is 0 Å². The van der Waals surface area contributed by atoms with Crippen LogP contribution < -0.4 is 10.6 Å². The first-order valence-corrected chi connectivity index (χ1v) is 7.67. The minimum absolute atomic E-state index is 0.0409. The Hall–Kier alpha value is -1.40. The van der Waals surface area contributed by atoms with Gasteiger partial charge in [0.15, 0.2) is 0 Å². The second kappa shape index (κ2) is 6.85. The number of halogens is 1. The normalized spacial score (nSPS) is 17.8. The number of urea groups is 1. The van der Waals surface area contributed by atoms with Crippen molar-refractivity contribution in [1.82, 2.24) is 5.32 Å². The lowest BCUT2D eigenvalue weighted by atomic mass is 10.2. The monoisotopic (exact) mass is 314 g/mol. The molecule has 7 heteroatoms. The van der Waals surface area contributed by atoms with E-state index in [0.29, 0.717) is 17.5 Å². The molecule has 5 nitrogen and oxygen atoms in total. The summed E-state index contributed by atoms with van der Waals surface area (Å²) in [5, 5.41) is 15.0. The van der Waals surface area contributed by atoms with E-state index in [-0.39, 0.29) is 16.6 Å². The van der Waals surface area contributed by atoms with E-state index in [1.807, 2.05) is 11.8 Å². The van der Waals surface area contributed by atoms with Crippen LogP contribution in [0.3, 0.4) is 0 Å². The van der Waals surface area contributed by atoms with E-state index in [1.54, 1.807) is 0 Å². The van der Waals surface area contributed by atoms with Gasteiger partial charge in [-0.3, -0.25) is 0 Å². The molecule has 1 heterocycles. The van der Waals surface area contributed by atoms with Crippen LogP contribution in [0.5, 0.6) is 0 Å². The Morgan fingerprint density at radius 3 is 2.85 bits per heavy atom. The zero-order valence-electron chi connectivity index (χ0n) is 10.7. The first kappa shape index (κ1) is 15.0. The number of carboxylic acid groups (broad SMARTS) is 1. The molecule has 0 bridgehead atoms. The molecule has 108 valence electrons. The predicted octanol–water partition coefficient (Wildman–Crippen LogP) is 3.06. The summed E-state index contributed by atoms with van der Waals surface area (Å²) in [7, 11) is 0. The molecular formula is C13H15ClN2O3S. The maximum Gasteiger partial charge on any atom is 0.335 e. The summed E-state index contributed by atoms with van der Waals surface area (Å²) in [6, 6.07) is 3.87. The van der Waals surface area contributed by atoms with E-state index in [2.05, 4.69) is 10.6 Å². The van der Waals surface area contributed by atoms with E-state index < -0.39 is 5.97 Å². The van der Waals surface area contributed by atoms with E-state index in [9.17, 15) is 9.59 Å². The molecule has 0 spiro atoms. The van der Waals surface area contributed by atoms with Crippen molar-refractivity contribution in [3.8, 4) is 0 Å². The maximum atomic E-state index is 11.7. The first-order valence-electron chi connectivity index (χ1n) is 6.25. The molecule has 3 N–H and O–H groups in total. The number of nitrogens with one attached hydrogen (secondary N) is 2. The predicted molar refractivity (Wildman–Crippen MR) is 80.9 cm³/mol. The van der Waals surface area contributed by atoms with Crippen LogP contribution in [0.15, 0.2) is 18.2 Å². The molecule has 1 aromatic carbocycles. The van der Waals surface area contributed by atoms with Gasteiger partial charge in [-0.15, -0.1) is 0 Å². The van der Waals surface area contributed by atoms with E-state index in [1.165, 1.54) is 24.6 Å². The Balaban J connectivity index is 1.91. The third-order valence-corrected chi connectivity index (χ3v) is 4.53. The van der Waals surface area contributed by atoms with Crippen molar-refractivity contribution < 1.29 is 14.7 Å². The fourth-order valence-corrected chi connectivity index (χ4v) is 3.41. The average molecular weight is 315 g/mol. The average Bonchev–Trinajstić information content (AvgIpc) is 2.88. The van der Waals surface area contributed by atoms with Crippen molar-refractivity contribution in [2.45, 2.75) is 18.1 Å². The number of anilines is 1. The van der Waals surface area contributed by atoms with Gasteiger partial charge in [-0.2, -0.15) is 11.8 Å². The van der Waals surface area contributed by atoms with Gasteiger partial charge in [0.05, 0.1) is 5.56 Å². The van der Waals surface area contributed by atoms with E-state index in [0.717, 1.165) is 12.2 Å². The van der Waals surface area contributed by atoms with Gasteiger partial charge >= 0.3 is 12.0 Å². The molecule has 1 saturated heterocycles. The summed E-state index contributed by atoms with van der Waals surface area (Å²) in [5.74, 6) is 0.0582. The number of carbonyl (C=O) groups is 2. The van der Waals surface area contributed by atoms with Gasteiger partial charge in [0, 0.05) is 22.5 Å². The summed E-state index contributed by atoms with van der Waals surface area (Å²) in [6.07, 6.45) is 2.31. The van der Waals surface area contributed by atoms with Gasteiger partial charge in [0.25, 0.3) is 0 Å². The highest BCUT2D eigenvalue weighted by Gasteiger charge is 2.16. The van der Waals surface area contributed by atoms with Crippen LogP contribution in [0.2, 0.25) is 5.02 Å². The molecule has 1 fully saturated rings. The third-order valence-electron chi connectivity index (χ3n) is 2.92. The number of thioether (sulfide) groups is 1. The fraction of sp³-hybridized carbons (Fsp3) is 0.385. The second-order valence-corrected chi connectivity index (χ2v) is 6.35. The van der Waals surface area contributed by atoms with Gasteiger partial charge in [0.1, 0.15) is 0 Å². The SMILES string of the molecule is O=C(NCC1CCCS1)Nc1cc(Cl)cc(C(=O)O)c1. The molecule has 2 amide bonds. The standard InChI is InChI=1S/C13H15ClN2O3S/c14-9-4-8(12(17)18)5-10(6-9)16-13(19)15-7-11-2-1-3-20-11/h4-6,11H,1-3,7H2,(H,17,18)(H2,15,16,19). The molecule has 1 unspecified atom stereocenters. The highest BCUT2D eigenvalue weighted by atomic mass is 35.5. The largest absolute Gasteiger partial charge is 0.478 e. The Morgan fingerprint density at radius 1 is 1.40 bits per heavy atom. The zero-order valence-corrected chi connectivity index (χ0v) is 12.3. The van der Waals surface area contributed by atoms with Gasteiger partial charge in [-0.05, 0) is 36.8 Å². The number of amides is 2. The minimum Gasteiger partial charge on any atom is -0.478 e. The number of carbonyl (C=O) groups excluding carboxylic acids is 1. The molecule has 0 saturated carbocycles. The second-order valence-electron chi connectivity index (χ2n) is 4.50. The van der Waals surface area contributed by atoms with Crippen molar-refractivity contribution in [1.29, 1.82) is 0 Å². The molecule has 0 aliphatic carbocycles. The number of benzene rings is 1. The molecule has 1 aromatic rings. The first-order chi connectivity index (χ1) is 9.54. The topological polar surface area (TPSA) is 78.4 Å². The van der Waals surface area contributed by atoms with Crippen LogP contribution >= 0.6 is 23.4 Å². The Kier molecular flexibility index (Phi) is 5.14. The summed E-state index contributed by atoms with van der Waals surface area (Å²) in [6.45, 7) is 0.614. The lowest BCUT2D eigenvalue weighted by Gasteiger charge is -2.11. The van der Waals surface area contributed by atoms with Crippen LogP contribution in [0.4, 0.5) is 10.5 Å². The van der Waals surface area contributed by atoms with Crippen LogP contribution in [0.1, 0.15) is 23.2 Å². The van der Waals surface area contributed by atoms with Crippen molar-refractivity contribution >= 4 is 41.1 Å². The van der Waals surface area contributed by atoms with Crippen molar-refractivity contribution in [3.05, 3.63) is 28.8 Å². The van der Waals surface area contributed by atoms with Gasteiger partial charge < -0.3 is 15.7 Å². The lowest BCUT2D eigenvalue weighted by Crippen LogP contribution is -2.33. The molecule has 1 aliphatic rings. The fourth-order valence-electron chi connectivity index (χ4n) is 1.97. The Labute approximate surface area is 126 Å². The molecule has 0 aromatic heterocycles. The molecule has 2 rings (SSSR count). The van der Waals surface area contributed by atoms with Crippen molar-refractivity contribution in [2.24, 2.45) is 0 Å². The van der Waals surface area contributed by atoms with E-state index in [4.69, 9.17) is 16.7 Å². The smallest absolute Gasteiger partial charge is 0.335 e.